The van der Waals surface area contributed by atoms with Gasteiger partial charge in [-0.25, -0.2) is 9.97 Å². The molecule has 1 saturated heterocycles. The predicted octanol–water partition coefficient (Wildman–Crippen LogP) is 3.23. The van der Waals surface area contributed by atoms with Crippen molar-refractivity contribution in [3.63, 3.8) is 0 Å². The Morgan fingerprint density at radius 2 is 1.93 bits per heavy atom. The third kappa shape index (κ3) is 4.09. The van der Waals surface area contributed by atoms with Gasteiger partial charge >= 0.3 is 0 Å². The van der Waals surface area contributed by atoms with Gasteiger partial charge in [0, 0.05) is 43.5 Å². The summed E-state index contributed by atoms with van der Waals surface area (Å²) in [6.07, 6.45) is 10.5. The Balaban J connectivity index is 1.65. The van der Waals surface area contributed by atoms with E-state index in [1.807, 2.05) is 24.0 Å². The Kier molecular flexibility index (Phi) is 6.11. The van der Waals surface area contributed by atoms with Crippen LogP contribution in [0.15, 0.2) is 43.0 Å². The molecular weight excluding hydrogens is 376 g/mol. The van der Waals surface area contributed by atoms with E-state index in [2.05, 4.69) is 27.4 Å². The maximum Gasteiger partial charge on any atom is 0.228 e. The van der Waals surface area contributed by atoms with E-state index in [1.165, 1.54) is 6.33 Å². The summed E-state index contributed by atoms with van der Waals surface area (Å²) in [5.74, 6) is 0.443. The molecule has 1 N–H and O–H groups in total. The second-order valence-corrected chi connectivity index (χ2v) is 8.59. The first-order valence-corrected chi connectivity index (χ1v) is 11.0. The standard InChI is InChI=1S/C24H30N4O2/c1-2-27-23(30)24(11-6-12-28(16-24)22(29)18-8-5-9-18)13-19-7-3-4-10-21(19)20-14-25-17-26-15-20/h3-4,7,10,14-15,17-18H,2,5-6,8-9,11-13,16H2,1H3,(H,27,30)/t24-/m1/s1. The van der Waals surface area contributed by atoms with Crippen molar-refractivity contribution < 1.29 is 9.59 Å². The van der Waals surface area contributed by atoms with Crippen LogP contribution >= 0.6 is 0 Å². The molecule has 2 aromatic rings. The van der Waals surface area contributed by atoms with Gasteiger partial charge in [-0.15, -0.1) is 0 Å². The maximum absolute atomic E-state index is 13.3. The number of hydrogen-bond acceptors (Lipinski definition) is 4. The average Bonchev–Trinajstić information content (AvgIpc) is 2.74. The lowest BCUT2D eigenvalue weighted by Gasteiger charge is -2.44. The van der Waals surface area contributed by atoms with Gasteiger partial charge in [0.25, 0.3) is 0 Å². The summed E-state index contributed by atoms with van der Waals surface area (Å²) in [5, 5.41) is 3.05. The minimum Gasteiger partial charge on any atom is -0.356 e. The molecule has 0 radical (unpaired) electrons. The van der Waals surface area contributed by atoms with Gasteiger partial charge in [-0.1, -0.05) is 30.7 Å². The molecule has 30 heavy (non-hydrogen) atoms. The number of nitrogens with one attached hydrogen (secondary N) is 1. The van der Waals surface area contributed by atoms with Crippen molar-refractivity contribution >= 4 is 11.8 Å². The molecular formula is C24H30N4O2. The molecule has 1 saturated carbocycles. The molecule has 4 rings (SSSR count). The van der Waals surface area contributed by atoms with E-state index in [-0.39, 0.29) is 17.7 Å². The minimum atomic E-state index is -0.612. The van der Waals surface area contributed by atoms with Crippen LogP contribution in [0.25, 0.3) is 11.1 Å². The molecule has 0 unspecified atom stereocenters. The number of piperidine rings is 1. The van der Waals surface area contributed by atoms with Crippen LogP contribution in [0.1, 0.15) is 44.6 Å². The first-order chi connectivity index (χ1) is 14.6. The number of carbonyl (C=O) groups is 2. The van der Waals surface area contributed by atoms with Crippen LogP contribution in [0.5, 0.6) is 0 Å². The van der Waals surface area contributed by atoms with Gasteiger partial charge in [0.2, 0.25) is 11.8 Å². The second kappa shape index (κ2) is 8.94. The molecule has 2 heterocycles. The molecule has 1 aromatic heterocycles. The maximum atomic E-state index is 13.3. The molecule has 2 aliphatic rings. The molecule has 6 heteroatoms. The monoisotopic (exact) mass is 406 g/mol. The highest BCUT2D eigenvalue weighted by Crippen LogP contribution is 2.38. The first kappa shape index (κ1) is 20.5. The minimum absolute atomic E-state index is 0.0511. The Morgan fingerprint density at radius 3 is 2.63 bits per heavy atom. The number of likely N-dealkylation sites (tertiary alicyclic amines) is 1. The molecule has 1 aromatic carbocycles. The van der Waals surface area contributed by atoms with Gasteiger partial charge < -0.3 is 10.2 Å². The topological polar surface area (TPSA) is 75.2 Å². The lowest BCUT2D eigenvalue weighted by Crippen LogP contribution is -2.55. The van der Waals surface area contributed by atoms with Gasteiger partial charge in [0.15, 0.2) is 0 Å². The fraction of sp³-hybridized carbons (Fsp3) is 0.500. The number of aromatic nitrogens is 2. The van der Waals surface area contributed by atoms with E-state index in [0.717, 1.165) is 55.3 Å². The van der Waals surface area contributed by atoms with Crippen molar-refractivity contribution in [1.82, 2.24) is 20.2 Å². The van der Waals surface area contributed by atoms with E-state index < -0.39 is 5.41 Å². The Hall–Kier alpha value is -2.76. The zero-order chi connectivity index (χ0) is 21.0. The van der Waals surface area contributed by atoms with Crippen LogP contribution in [-0.2, 0) is 16.0 Å². The van der Waals surface area contributed by atoms with Crippen molar-refractivity contribution in [3.8, 4) is 11.1 Å². The third-order valence-electron chi connectivity index (χ3n) is 6.58. The third-order valence-corrected chi connectivity index (χ3v) is 6.58. The number of amides is 2. The van der Waals surface area contributed by atoms with Gasteiger partial charge in [0.1, 0.15) is 6.33 Å². The zero-order valence-corrected chi connectivity index (χ0v) is 17.6. The summed E-state index contributed by atoms with van der Waals surface area (Å²) in [5.41, 5.74) is 2.47. The molecule has 0 bridgehead atoms. The molecule has 158 valence electrons. The van der Waals surface area contributed by atoms with Gasteiger partial charge in [-0.05, 0) is 50.2 Å². The Morgan fingerprint density at radius 1 is 1.17 bits per heavy atom. The van der Waals surface area contributed by atoms with Gasteiger partial charge in [-0.2, -0.15) is 0 Å². The molecule has 2 fully saturated rings. The first-order valence-electron chi connectivity index (χ1n) is 11.0. The summed E-state index contributed by atoms with van der Waals surface area (Å²) < 4.78 is 0. The average molecular weight is 407 g/mol. The molecule has 1 aliphatic heterocycles. The number of nitrogens with zero attached hydrogens (tertiary/aromatic N) is 3. The van der Waals surface area contributed by atoms with Gasteiger partial charge in [-0.3, -0.25) is 9.59 Å². The summed E-state index contributed by atoms with van der Waals surface area (Å²) >= 11 is 0. The molecule has 1 atom stereocenters. The van der Waals surface area contributed by atoms with Crippen LogP contribution in [0.3, 0.4) is 0 Å². The van der Waals surface area contributed by atoms with E-state index in [9.17, 15) is 9.59 Å². The van der Waals surface area contributed by atoms with Crippen molar-refractivity contribution in [2.45, 2.75) is 45.4 Å². The quantitative estimate of drug-likeness (QED) is 0.799. The Bertz CT molecular complexity index is 897. The number of benzene rings is 1. The van der Waals surface area contributed by atoms with E-state index in [0.29, 0.717) is 19.5 Å². The van der Waals surface area contributed by atoms with Crippen LogP contribution in [0, 0.1) is 11.3 Å². The highest BCUT2D eigenvalue weighted by Gasteiger charge is 2.45. The zero-order valence-electron chi connectivity index (χ0n) is 17.6. The SMILES string of the molecule is CCNC(=O)[C@@]1(Cc2ccccc2-c2cncnc2)CCCN(C(=O)C2CCC2)C1. The van der Waals surface area contributed by atoms with Crippen molar-refractivity contribution in [1.29, 1.82) is 0 Å². The lowest BCUT2D eigenvalue weighted by molar-refractivity contribution is -0.146. The van der Waals surface area contributed by atoms with E-state index >= 15 is 0 Å². The number of rotatable bonds is 6. The molecule has 1 aliphatic carbocycles. The molecule has 6 nitrogen and oxygen atoms in total. The highest BCUT2D eigenvalue weighted by atomic mass is 16.2. The van der Waals surface area contributed by atoms with Crippen molar-refractivity contribution in [2.75, 3.05) is 19.6 Å². The fourth-order valence-electron chi connectivity index (χ4n) is 4.75. The van der Waals surface area contributed by atoms with Crippen LogP contribution in [-0.4, -0.2) is 46.3 Å². The fourth-order valence-corrected chi connectivity index (χ4v) is 4.75. The van der Waals surface area contributed by atoms with E-state index in [1.54, 1.807) is 12.4 Å². The smallest absolute Gasteiger partial charge is 0.228 e. The van der Waals surface area contributed by atoms with Crippen LogP contribution < -0.4 is 5.32 Å². The van der Waals surface area contributed by atoms with Crippen LogP contribution in [0.4, 0.5) is 0 Å². The van der Waals surface area contributed by atoms with Gasteiger partial charge in [0.05, 0.1) is 5.41 Å². The summed E-state index contributed by atoms with van der Waals surface area (Å²) in [6, 6.07) is 8.14. The predicted molar refractivity (Wildman–Crippen MR) is 115 cm³/mol. The summed E-state index contributed by atoms with van der Waals surface area (Å²) in [6.45, 7) is 3.78. The van der Waals surface area contributed by atoms with Crippen LogP contribution in [0.2, 0.25) is 0 Å². The molecule has 2 amide bonds. The molecule has 0 spiro atoms. The van der Waals surface area contributed by atoms with Crippen molar-refractivity contribution in [2.24, 2.45) is 11.3 Å². The van der Waals surface area contributed by atoms with Crippen molar-refractivity contribution in [3.05, 3.63) is 48.5 Å². The second-order valence-electron chi connectivity index (χ2n) is 8.59. The Labute approximate surface area is 178 Å². The largest absolute Gasteiger partial charge is 0.356 e. The van der Waals surface area contributed by atoms with E-state index in [4.69, 9.17) is 0 Å². The normalized spacial score (nSPS) is 21.7. The highest BCUT2D eigenvalue weighted by molar-refractivity contribution is 5.86. The lowest BCUT2D eigenvalue weighted by atomic mass is 9.72. The summed E-state index contributed by atoms with van der Waals surface area (Å²) in [7, 11) is 0. The number of carbonyl (C=O) groups excluding carboxylic acids is 2. The summed E-state index contributed by atoms with van der Waals surface area (Å²) in [4.78, 5) is 36.6. The number of hydrogen-bond donors (Lipinski definition) is 1.